The predicted molar refractivity (Wildman–Crippen MR) is 137 cm³/mol. The summed E-state index contributed by atoms with van der Waals surface area (Å²) in [5.74, 6) is -0.245. The molecule has 0 radical (unpaired) electrons. The summed E-state index contributed by atoms with van der Waals surface area (Å²) in [6.45, 7) is 8.10. The Bertz CT molecular complexity index is 1240. The lowest BCUT2D eigenvalue weighted by atomic mass is 9.83. The van der Waals surface area contributed by atoms with Gasteiger partial charge in [-0.25, -0.2) is 21.6 Å². The molecule has 1 aliphatic heterocycles. The number of hydrogen-bond donors (Lipinski definition) is 2. The van der Waals surface area contributed by atoms with E-state index in [4.69, 9.17) is 0 Å². The van der Waals surface area contributed by atoms with Crippen LogP contribution < -0.4 is 10.0 Å². The molecule has 1 fully saturated rings. The summed E-state index contributed by atoms with van der Waals surface area (Å²) in [4.78, 5) is 13.0. The molecule has 0 bridgehead atoms. The van der Waals surface area contributed by atoms with E-state index < -0.39 is 25.5 Å². The SMILES string of the molecule is C=CS(=O)(=O)NC[C@H]1CCN(S(=O)(=O)c2ccc(C(C)(C)C(=O)NCCc3ccccc3)cc2)C1. The van der Waals surface area contributed by atoms with Gasteiger partial charge in [0.1, 0.15) is 0 Å². The zero-order valence-corrected chi connectivity index (χ0v) is 21.7. The number of nitrogens with one attached hydrogen (secondary N) is 2. The lowest BCUT2D eigenvalue weighted by Crippen LogP contribution is -2.41. The molecule has 0 saturated carbocycles. The molecule has 0 aromatic heterocycles. The van der Waals surface area contributed by atoms with Crippen molar-refractivity contribution in [2.24, 2.45) is 5.92 Å². The molecule has 1 aliphatic rings. The molecule has 35 heavy (non-hydrogen) atoms. The monoisotopic (exact) mass is 519 g/mol. The molecule has 1 saturated heterocycles. The van der Waals surface area contributed by atoms with Gasteiger partial charge in [0.25, 0.3) is 0 Å². The fourth-order valence-electron chi connectivity index (χ4n) is 3.98. The lowest BCUT2D eigenvalue weighted by Gasteiger charge is -2.25. The molecule has 2 N–H and O–H groups in total. The predicted octanol–water partition coefficient (Wildman–Crippen LogP) is 2.40. The number of benzene rings is 2. The maximum absolute atomic E-state index is 13.1. The Labute approximate surface area is 208 Å². The van der Waals surface area contributed by atoms with E-state index in [1.54, 1.807) is 12.1 Å². The average molecular weight is 520 g/mol. The van der Waals surface area contributed by atoms with Crippen molar-refractivity contribution in [2.75, 3.05) is 26.2 Å². The van der Waals surface area contributed by atoms with E-state index in [2.05, 4.69) is 16.6 Å². The quantitative estimate of drug-likeness (QED) is 0.473. The van der Waals surface area contributed by atoms with Gasteiger partial charge in [-0.2, -0.15) is 4.31 Å². The second kappa shape index (κ2) is 11.0. The minimum absolute atomic E-state index is 0.114. The molecular weight excluding hydrogens is 486 g/mol. The van der Waals surface area contributed by atoms with E-state index in [1.807, 2.05) is 44.2 Å². The Morgan fingerprint density at radius 3 is 2.37 bits per heavy atom. The van der Waals surface area contributed by atoms with Crippen LogP contribution in [0.25, 0.3) is 0 Å². The fourth-order valence-corrected chi connectivity index (χ4v) is 6.10. The molecule has 3 rings (SSSR count). The van der Waals surface area contributed by atoms with Crippen LogP contribution in [-0.4, -0.2) is 53.2 Å². The lowest BCUT2D eigenvalue weighted by molar-refractivity contribution is -0.125. The van der Waals surface area contributed by atoms with Gasteiger partial charge >= 0.3 is 0 Å². The number of nitrogens with zero attached hydrogens (tertiary/aromatic N) is 1. The van der Waals surface area contributed by atoms with Crippen molar-refractivity contribution < 1.29 is 21.6 Å². The van der Waals surface area contributed by atoms with Crippen LogP contribution in [-0.2, 0) is 36.7 Å². The van der Waals surface area contributed by atoms with Crippen LogP contribution in [0.15, 0.2) is 71.5 Å². The van der Waals surface area contributed by atoms with Crippen LogP contribution in [0.2, 0.25) is 0 Å². The second-order valence-corrected chi connectivity index (χ2v) is 12.9. The fraction of sp³-hybridized carbons (Fsp3) is 0.400. The standard InChI is InChI=1S/C25H33N3O5S2/c1-4-34(30,31)27-18-21-15-17-28(19-21)35(32,33)23-12-10-22(11-13-23)25(2,3)24(29)26-16-14-20-8-6-5-7-9-20/h4-13,21,27H,1,14-19H2,2-3H3,(H,26,29)/t21-/m1/s1. The van der Waals surface area contributed by atoms with Gasteiger partial charge in [-0.1, -0.05) is 49.0 Å². The van der Waals surface area contributed by atoms with Crippen molar-refractivity contribution in [3.63, 3.8) is 0 Å². The van der Waals surface area contributed by atoms with Gasteiger partial charge in [0.2, 0.25) is 26.0 Å². The molecule has 1 heterocycles. The maximum atomic E-state index is 13.1. The van der Waals surface area contributed by atoms with Gasteiger partial charge in [-0.05, 0) is 55.9 Å². The average Bonchev–Trinajstić information content (AvgIpc) is 3.34. The Hall–Kier alpha value is -2.53. The summed E-state index contributed by atoms with van der Waals surface area (Å²) < 4.78 is 53.1. The van der Waals surface area contributed by atoms with Crippen LogP contribution in [0.5, 0.6) is 0 Å². The molecule has 0 spiro atoms. The third kappa shape index (κ3) is 6.78. The van der Waals surface area contributed by atoms with Gasteiger partial charge in [-0.15, -0.1) is 0 Å². The summed E-state index contributed by atoms with van der Waals surface area (Å²) in [6, 6.07) is 16.3. The summed E-state index contributed by atoms with van der Waals surface area (Å²) in [5, 5.41) is 3.81. The smallest absolute Gasteiger partial charge is 0.243 e. The Kier molecular flexibility index (Phi) is 8.53. The highest BCUT2D eigenvalue weighted by molar-refractivity contribution is 7.92. The van der Waals surface area contributed by atoms with Gasteiger partial charge < -0.3 is 5.32 Å². The van der Waals surface area contributed by atoms with Crippen LogP contribution in [0.4, 0.5) is 0 Å². The van der Waals surface area contributed by atoms with E-state index in [9.17, 15) is 21.6 Å². The molecule has 0 unspecified atom stereocenters. The van der Waals surface area contributed by atoms with Gasteiger partial charge in [0, 0.05) is 31.6 Å². The van der Waals surface area contributed by atoms with Crippen molar-refractivity contribution >= 4 is 26.0 Å². The molecule has 2 aromatic carbocycles. The van der Waals surface area contributed by atoms with E-state index in [-0.39, 0.29) is 29.8 Å². The first-order chi connectivity index (χ1) is 16.5. The molecular formula is C25H33N3O5S2. The van der Waals surface area contributed by atoms with E-state index in [1.165, 1.54) is 16.4 Å². The molecule has 1 amide bonds. The number of sulfonamides is 2. The summed E-state index contributed by atoms with van der Waals surface area (Å²) in [7, 11) is -7.27. The minimum Gasteiger partial charge on any atom is -0.355 e. The Morgan fingerprint density at radius 2 is 1.74 bits per heavy atom. The van der Waals surface area contributed by atoms with Crippen LogP contribution in [0, 0.1) is 5.92 Å². The summed E-state index contributed by atoms with van der Waals surface area (Å²) >= 11 is 0. The third-order valence-corrected chi connectivity index (χ3v) is 9.25. The van der Waals surface area contributed by atoms with Crippen molar-refractivity contribution in [3.05, 3.63) is 77.7 Å². The number of hydrogen-bond acceptors (Lipinski definition) is 5. The number of amides is 1. The van der Waals surface area contributed by atoms with E-state index in [0.29, 0.717) is 25.1 Å². The van der Waals surface area contributed by atoms with Crippen molar-refractivity contribution in [1.29, 1.82) is 0 Å². The van der Waals surface area contributed by atoms with Crippen LogP contribution >= 0.6 is 0 Å². The minimum atomic E-state index is -3.72. The summed E-state index contributed by atoms with van der Waals surface area (Å²) in [5.41, 5.74) is 1.02. The summed E-state index contributed by atoms with van der Waals surface area (Å²) in [6.07, 6.45) is 1.29. The molecule has 8 nitrogen and oxygen atoms in total. The van der Waals surface area contributed by atoms with Gasteiger partial charge in [0.05, 0.1) is 10.3 Å². The molecule has 0 aliphatic carbocycles. The zero-order chi connectivity index (χ0) is 25.7. The van der Waals surface area contributed by atoms with E-state index in [0.717, 1.165) is 17.4 Å². The molecule has 1 atom stereocenters. The molecule has 190 valence electrons. The Morgan fingerprint density at radius 1 is 1.09 bits per heavy atom. The normalized spacial score (nSPS) is 17.3. The van der Waals surface area contributed by atoms with Gasteiger partial charge in [0.15, 0.2) is 0 Å². The van der Waals surface area contributed by atoms with Crippen LogP contribution in [0.3, 0.4) is 0 Å². The zero-order valence-electron chi connectivity index (χ0n) is 20.1. The largest absolute Gasteiger partial charge is 0.355 e. The highest BCUT2D eigenvalue weighted by Crippen LogP contribution is 2.28. The topological polar surface area (TPSA) is 113 Å². The number of carbonyl (C=O) groups is 1. The van der Waals surface area contributed by atoms with Gasteiger partial charge in [-0.3, -0.25) is 4.79 Å². The Balaban J connectivity index is 1.60. The first kappa shape index (κ1) is 27.1. The van der Waals surface area contributed by atoms with Crippen molar-refractivity contribution in [2.45, 2.75) is 37.0 Å². The molecule has 10 heteroatoms. The highest BCUT2D eigenvalue weighted by Gasteiger charge is 2.34. The first-order valence-corrected chi connectivity index (χ1v) is 14.5. The van der Waals surface area contributed by atoms with Crippen LogP contribution in [0.1, 0.15) is 31.4 Å². The highest BCUT2D eigenvalue weighted by atomic mass is 32.2. The number of carbonyl (C=O) groups excluding carboxylic acids is 1. The first-order valence-electron chi connectivity index (χ1n) is 11.5. The molecule has 2 aromatic rings. The second-order valence-electron chi connectivity index (χ2n) is 9.22. The van der Waals surface area contributed by atoms with Crippen molar-refractivity contribution in [3.8, 4) is 0 Å². The number of rotatable bonds is 11. The van der Waals surface area contributed by atoms with E-state index >= 15 is 0 Å². The maximum Gasteiger partial charge on any atom is 0.243 e. The third-order valence-electron chi connectivity index (χ3n) is 6.36. The van der Waals surface area contributed by atoms with Crippen molar-refractivity contribution in [1.82, 2.24) is 14.3 Å².